The van der Waals surface area contributed by atoms with E-state index in [0.717, 1.165) is 25.0 Å². The van der Waals surface area contributed by atoms with Gasteiger partial charge in [0.05, 0.1) is 6.33 Å². The summed E-state index contributed by atoms with van der Waals surface area (Å²) in [6, 6.07) is 7.66. The number of nitrogens with zero attached hydrogens (tertiary/aromatic N) is 2. The second-order valence-corrected chi connectivity index (χ2v) is 5.44. The van der Waals surface area contributed by atoms with Crippen molar-refractivity contribution < 1.29 is 9.59 Å². The molecule has 1 aromatic heterocycles. The predicted molar refractivity (Wildman–Crippen MR) is 90.7 cm³/mol. The van der Waals surface area contributed by atoms with E-state index in [1.165, 1.54) is 29.1 Å². The van der Waals surface area contributed by atoms with Crippen molar-refractivity contribution in [2.45, 2.75) is 32.7 Å². The van der Waals surface area contributed by atoms with Crippen LogP contribution in [0.5, 0.6) is 0 Å². The summed E-state index contributed by atoms with van der Waals surface area (Å²) < 4.78 is 1.25. The van der Waals surface area contributed by atoms with E-state index in [9.17, 15) is 14.4 Å². The molecule has 0 spiro atoms. The number of primary amides is 1. The lowest BCUT2D eigenvalue weighted by atomic mass is 10.2. The Balaban J connectivity index is 1.99. The molecule has 0 saturated heterocycles. The minimum Gasteiger partial charge on any atom is -0.366 e. The Labute approximate surface area is 139 Å². The number of anilines is 1. The van der Waals surface area contributed by atoms with Crippen LogP contribution in [0, 0.1) is 0 Å². The minimum atomic E-state index is -0.534. The van der Waals surface area contributed by atoms with E-state index in [-0.39, 0.29) is 18.0 Å². The van der Waals surface area contributed by atoms with E-state index < -0.39 is 5.91 Å². The normalized spacial score (nSPS) is 10.4. The van der Waals surface area contributed by atoms with Crippen LogP contribution in [0.15, 0.2) is 41.5 Å². The van der Waals surface area contributed by atoms with Gasteiger partial charge in [0.15, 0.2) is 0 Å². The van der Waals surface area contributed by atoms with Gasteiger partial charge in [-0.15, -0.1) is 0 Å². The fourth-order valence-corrected chi connectivity index (χ4v) is 2.15. The van der Waals surface area contributed by atoms with Gasteiger partial charge >= 0.3 is 0 Å². The molecule has 0 unspecified atom stereocenters. The Bertz CT molecular complexity index is 781. The molecule has 1 aromatic carbocycles. The molecule has 3 N–H and O–H groups in total. The zero-order chi connectivity index (χ0) is 17.5. The summed E-state index contributed by atoms with van der Waals surface area (Å²) >= 11 is 0. The molecule has 0 fully saturated rings. The van der Waals surface area contributed by atoms with Gasteiger partial charge in [-0.3, -0.25) is 19.0 Å². The lowest BCUT2D eigenvalue weighted by Crippen LogP contribution is -2.27. The first-order valence-corrected chi connectivity index (χ1v) is 7.74. The number of carbonyl (C=O) groups excluding carboxylic acids is 2. The van der Waals surface area contributed by atoms with E-state index in [1.807, 2.05) is 0 Å². The summed E-state index contributed by atoms with van der Waals surface area (Å²) in [5.41, 5.74) is 6.51. The summed E-state index contributed by atoms with van der Waals surface area (Å²) in [6.07, 6.45) is 4.15. The smallest absolute Gasteiger partial charge is 0.253 e. The molecule has 0 aliphatic heterocycles. The number of aromatic nitrogens is 2. The molecule has 2 rings (SSSR count). The maximum Gasteiger partial charge on any atom is 0.253 e. The van der Waals surface area contributed by atoms with Crippen LogP contribution in [0.1, 0.15) is 35.8 Å². The third kappa shape index (κ3) is 4.77. The molecule has 2 aromatic rings. The van der Waals surface area contributed by atoms with Gasteiger partial charge in [0.25, 0.3) is 5.56 Å². The van der Waals surface area contributed by atoms with Gasteiger partial charge in [-0.2, -0.15) is 0 Å². The van der Waals surface area contributed by atoms with Crippen molar-refractivity contribution in [3.8, 4) is 0 Å². The average molecular weight is 328 g/mol. The molecule has 2 amide bonds. The number of benzene rings is 1. The molecule has 0 bridgehead atoms. The highest BCUT2D eigenvalue weighted by molar-refractivity contribution is 5.94. The van der Waals surface area contributed by atoms with Gasteiger partial charge in [-0.1, -0.05) is 13.3 Å². The largest absolute Gasteiger partial charge is 0.366 e. The lowest BCUT2D eigenvalue weighted by molar-refractivity contribution is -0.116. The number of unbranched alkanes of at least 4 members (excludes halogenated alkanes) is 1. The third-order valence-electron chi connectivity index (χ3n) is 3.49. The number of carbonyl (C=O) groups is 2. The Kier molecular flexibility index (Phi) is 5.83. The highest BCUT2D eigenvalue weighted by Gasteiger charge is 2.07. The van der Waals surface area contributed by atoms with Gasteiger partial charge in [-0.25, -0.2) is 4.98 Å². The summed E-state index contributed by atoms with van der Waals surface area (Å²) in [5, 5.41) is 2.65. The summed E-state index contributed by atoms with van der Waals surface area (Å²) in [4.78, 5) is 39.2. The lowest BCUT2D eigenvalue weighted by Gasteiger charge is -2.08. The van der Waals surface area contributed by atoms with Crippen LogP contribution in [0.4, 0.5) is 5.69 Å². The van der Waals surface area contributed by atoms with Crippen molar-refractivity contribution in [1.82, 2.24) is 9.55 Å². The summed E-state index contributed by atoms with van der Waals surface area (Å²) in [7, 11) is 0. The van der Waals surface area contributed by atoms with Crippen LogP contribution in [0.25, 0.3) is 0 Å². The molecule has 0 aliphatic carbocycles. The first-order valence-electron chi connectivity index (χ1n) is 7.74. The zero-order valence-electron chi connectivity index (χ0n) is 13.5. The molecule has 0 aliphatic rings. The van der Waals surface area contributed by atoms with E-state index >= 15 is 0 Å². The van der Waals surface area contributed by atoms with Crippen molar-refractivity contribution in [2.24, 2.45) is 5.73 Å². The van der Waals surface area contributed by atoms with Gasteiger partial charge in [-0.05, 0) is 37.1 Å². The number of hydrogen-bond donors (Lipinski definition) is 2. The molecular formula is C17H20N4O3. The van der Waals surface area contributed by atoms with Crippen molar-refractivity contribution in [3.63, 3.8) is 0 Å². The Hall–Kier alpha value is -2.96. The van der Waals surface area contributed by atoms with Crippen molar-refractivity contribution >= 4 is 17.5 Å². The van der Waals surface area contributed by atoms with E-state index in [2.05, 4.69) is 17.2 Å². The number of amides is 2. The van der Waals surface area contributed by atoms with Crippen molar-refractivity contribution in [2.75, 3.05) is 5.32 Å². The van der Waals surface area contributed by atoms with Gasteiger partial charge in [0, 0.05) is 23.0 Å². The molecule has 126 valence electrons. The van der Waals surface area contributed by atoms with Crippen LogP contribution in [-0.4, -0.2) is 21.4 Å². The fourth-order valence-electron chi connectivity index (χ4n) is 2.15. The number of aryl methyl sites for hydroxylation is 1. The average Bonchev–Trinajstić information content (AvgIpc) is 2.55. The Morgan fingerprint density at radius 3 is 2.54 bits per heavy atom. The van der Waals surface area contributed by atoms with Gasteiger partial charge in [0.1, 0.15) is 6.54 Å². The number of hydrogen-bond acceptors (Lipinski definition) is 4. The van der Waals surface area contributed by atoms with Crippen molar-refractivity contribution in [1.29, 1.82) is 0 Å². The second-order valence-electron chi connectivity index (χ2n) is 5.44. The van der Waals surface area contributed by atoms with E-state index in [1.54, 1.807) is 12.1 Å². The van der Waals surface area contributed by atoms with Gasteiger partial charge < -0.3 is 11.1 Å². The maximum atomic E-state index is 12.0. The highest BCUT2D eigenvalue weighted by atomic mass is 16.2. The third-order valence-corrected chi connectivity index (χ3v) is 3.49. The Morgan fingerprint density at radius 1 is 1.25 bits per heavy atom. The topological polar surface area (TPSA) is 107 Å². The molecule has 0 atom stereocenters. The van der Waals surface area contributed by atoms with E-state index in [0.29, 0.717) is 11.3 Å². The van der Waals surface area contributed by atoms with Crippen LogP contribution in [-0.2, 0) is 17.8 Å². The summed E-state index contributed by atoms with van der Waals surface area (Å²) in [6.45, 7) is 1.94. The monoisotopic (exact) mass is 328 g/mol. The first-order chi connectivity index (χ1) is 11.5. The number of rotatable bonds is 7. The van der Waals surface area contributed by atoms with Crippen LogP contribution in [0.2, 0.25) is 0 Å². The standard InChI is InChI=1S/C17H20N4O3/c1-2-3-4-14-9-16(23)21(11-19-14)10-15(22)20-13-7-5-12(6-8-13)17(18)24/h5-9,11H,2-4,10H2,1H3,(H2,18,24)(H,20,22). The fraction of sp³-hybridized carbons (Fsp3) is 0.294. The predicted octanol–water partition coefficient (Wildman–Crippen LogP) is 1.32. The highest BCUT2D eigenvalue weighted by Crippen LogP contribution is 2.09. The molecule has 7 nitrogen and oxygen atoms in total. The maximum absolute atomic E-state index is 12.0. The molecule has 0 radical (unpaired) electrons. The summed E-state index contributed by atoms with van der Waals surface area (Å²) in [5.74, 6) is -0.888. The molecular weight excluding hydrogens is 308 g/mol. The number of nitrogens with two attached hydrogens (primary N) is 1. The molecule has 7 heteroatoms. The van der Waals surface area contributed by atoms with Crippen LogP contribution in [0.3, 0.4) is 0 Å². The van der Waals surface area contributed by atoms with Crippen molar-refractivity contribution in [3.05, 3.63) is 58.3 Å². The van der Waals surface area contributed by atoms with Crippen LogP contribution < -0.4 is 16.6 Å². The van der Waals surface area contributed by atoms with E-state index in [4.69, 9.17) is 5.73 Å². The van der Waals surface area contributed by atoms with Gasteiger partial charge in [0.2, 0.25) is 11.8 Å². The number of nitrogens with one attached hydrogen (secondary N) is 1. The molecule has 24 heavy (non-hydrogen) atoms. The molecule has 0 saturated carbocycles. The van der Waals surface area contributed by atoms with Crippen LogP contribution >= 0.6 is 0 Å². The zero-order valence-corrected chi connectivity index (χ0v) is 13.5. The first kappa shape index (κ1) is 17.4. The molecule has 1 heterocycles. The quantitative estimate of drug-likeness (QED) is 0.799. The SMILES string of the molecule is CCCCc1cc(=O)n(CC(=O)Nc2ccc(C(N)=O)cc2)cn1. The minimum absolute atomic E-state index is 0.128. The second kappa shape index (κ2) is 8.05. The Morgan fingerprint density at radius 2 is 1.96 bits per heavy atom.